The van der Waals surface area contributed by atoms with Crippen molar-refractivity contribution in [3.05, 3.63) is 11.6 Å². The van der Waals surface area contributed by atoms with Crippen LogP contribution in [0.1, 0.15) is 20.3 Å². The van der Waals surface area contributed by atoms with Gasteiger partial charge < -0.3 is 54.3 Å². The van der Waals surface area contributed by atoms with Crippen molar-refractivity contribution in [2.24, 2.45) is 11.8 Å². The number of hydrogen-bond acceptors (Lipinski definition) is 11. The highest BCUT2D eigenvalue weighted by Gasteiger charge is 2.54. The van der Waals surface area contributed by atoms with Gasteiger partial charge in [-0.25, -0.2) is 0 Å². The van der Waals surface area contributed by atoms with E-state index in [9.17, 15) is 30.6 Å². The summed E-state index contributed by atoms with van der Waals surface area (Å²) in [6.07, 6.45) is -6.64. The minimum Gasteiger partial charge on any atom is -0.393 e. The molecule has 11 nitrogen and oxygen atoms in total. The third kappa shape index (κ3) is 4.03. The van der Waals surface area contributed by atoms with Crippen molar-refractivity contribution in [1.29, 1.82) is 0 Å². The van der Waals surface area contributed by atoms with Crippen molar-refractivity contribution in [1.82, 2.24) is 0 Å². The first-order valence-corrected chi connectivity index (χ1v) is 11.0. The molecular weight excluding hydrogens is 428 g/mol. The summed E-state index contributed by atoms with van der Waals surface area (Å²) >= 11 is 0. The molecule has 3 heterocycles. The van der Waals surface area contributed by atoms with Gasteiger partial charge in [0.25, 0.3) is 0 Å². The predicted molar refractivity (Wildman–Crippen MR) is 106 cm³/mol. The molecule has 0 amide bonds. The Morgan fingerprint density at radius 1 is 1.09 bits per heavy atom. The van der Waals surface area contributed by atoms with Crippen molar-refractivity contribution in [2.75, 3.05) is 33.0 Å². The molecule has 184 valence electrons. The van der Waals surface area contributed by atoms with Crippen LogP contribution < -0.4 is 0 Å². The number of rotatable bonds is 7. The molecule has 11 atom stereocenters. The number of aliphatic hydroxyl groups is 6. The zero-order chi connectivity index (χ0) is 23.3. The molecule has 3 fully saturated rings. The Kier molecular flexibility index (Phi) is 6.99. The fourth-order valence-electron chi connectivity index (χ4n) is 5.05. The van der Waals surface area contributed by atoms with Gasteiger partial charge in [0.1, 0.15) is 41.7 Å². The Balaban J connectivity index is 1.37. The van der Waals surface area contributed by atoms with Crippen LogP contribution in [-0.2, 0) is 23.7 Å². The smallest absolute Gasteiger partial charge is 0.186 e. The largest absolute Gasteiger partial charge is 0.393 e. The topological polar surface area (TPSA) is 168 Å². The first-order chi connectivity index (χ1) is 15.1. The van der Waals surface area contributed by atoms with Crippen molar-refractivity contribution in [2.45, 2.75) is 74.6 Å². The lowest BCUT2D eigenvalue weighted by atomic mass is 9.82. The minimum absolute atomic E-state index is 0.121. The third-order valence-electron chi connectivity index (χ3n) is 7.37. The van der Waals surface area contributed by atoms with Gasteiger partial charge in [0.05, 0.1) is 33.0 Å². The van der Waals surface area contributed by atoms with Gasteiger partial charge in [-0.15, -0.1) is 0 Å². The molecule has 0 spiro atoms. The van der Waals surface area contributed by atoms with Crippen LogP contribution in [0.5, 0.6) is 0 Å². The van der Waals surface area contributed by atoms with E-state index in [2.05, 4.69) is 13.0 Å². The van der Waals surface area contributed by atoms with Crippen LogP contribution in [0.2, 0.25) is 0 Å². The summed E-state index contributed by atoms with van der Waals surface area (Å²) in [5, 5.41) is 60.4. The van der Waals surface area contributed by atoms with Crippen molar-refractivity contribution < 1.29 is 54.3 Å². The van der Waals surface area contributed by atoms with Gasteiger partial charge in [-0.2, -0.15) is 0 Å². The van der Waals surface area contributed by atoms with Crippen molar-refractivity contribution >= 4 is 0 Å². The molecule has 1 aliphatic carbocycles. The average Bonchev–Trinajstić information content (AvgIpc) is 3.38. The van der Waals surface area contributed by atoms with Gasteiger partial charge in [0.15, 0.2) is 12.6 Å². The second kappa shape index (κ2) is 9.16. The maximum Gasteiger partial charge on any atom is 0.186 e. The maximum atomic E-state index is 10.4. The van der Waals surface area contributed by atoms with E-state index in [0.29, 0.717) is 12.5 Å². The summed E-state index contributed by atoms with van der Waals surface area (Å²) < 4.78 is 28.3. The molecular formula is C21H34O11. The molecule has 32 heavy (non-hydrogen) atoms. The molecule has 4 rings (SSSR count). The van der Waals surface area contributed by atoms with Gasteiger partial charge in [0.2, 0.25) is 0 Å². The maximum absolute atomic E-state index is 10.4. The molecule has 11 unspecified atom stereocenters. The standard InChI is InChI=1S/C21H34O11/c1-10-5-31-21(11(2)3-4-12(10)21)9-30-18-16(25)15(24)14(23)13(32-18)6-28-19-17(26)20(27,7-22)8-29-19/h3,10,12-19,22-27H,4-9H2,1-2H3. The lowest BCUT2D eigenvalue weighted by molar-refractivity contribution is -0.315. The lowest BCUT2D eigenvalue weighted by Gasteiger charge is -2.42. The fraction of sp³-hybridized carbons (Fsp3) is 0.905. The third-order valence-corrected chi connectivity index (χ3v) is 7.37. The first kappa shape index (κ1) is 24.4. The molecule has 0 bridgehead atoms. The quantitative estimate of drug-likeness (QED) is 0.224. The van der Waals surface area contributed by atoms with E-state index in [1.165, 1.54) is 0 Å². The van der Waals surface area contributed by atoms with Gasteiger partial charge in [-0.3, -0.25) is 0 Å². The monoisotopic (exact) mass is 462 g/mol. The zero-order valence-electron chi connectivity index (χ0n) is 18.2. The summed E-state index contributed by atoms with van der Waals surface area (Å²) in [4.78, 5) is 0. The molecule has 6 N–H and O–H groups in total. The number of allylic oxidation sites excluding steroid dienone is 1. The molecule has 3 saturated heterocycles. The average molecular weight is 462 g/mol. The molecule has 11 heteroatoms. The Labute approximate surface area is 186 Å². The summed E-state index contributed by atoms with van der Waals surface area (Å²) in [7, 11) is 0. The second-order valence-corrected chi connectivity index (χ2v) is 9.45. The van der Waals surface area contributed by atoms with Crippen molar-refractivity contribution in [3.8, 4) is 0 Å². The highest BCUT2D eigenvalue weighted by atomic mass is 16.7. The number of aliphatic hydroxyl groups excluding tert-OH is 5. The molecule has 0 radical (unpaired) electrons. The zero-order valence-corrected chi connectivity index (χ0v) is 18.2. The highest BCUT2D eigenvalue weighted by Crippen LogP contribution is 2.48. The summed E-state index contributed by atoms with van der Waals surface area (Å²) in [5.74, 6) is 0.609. The molecule has 0 aromatic carbocycles. The molecule has 3 aliphatic heterocycles. The van der Waals surface area contributed by atoms with E-state index in [4.69, 9.17) is 23.7 Å². The molecule has 4 aliphatic rings. The number of fused-ring (bicyclic) bond motifs is 1. The van der Waals surface area contributed by atoms with E-state index in [1.807, 2.05) is 6.92 Å². The summed E-state index contributed by atoms with van der Waals surface area (Å²) in [5.41, 5.74) is -1.40. The van der Waals surface area contributed by atoms with Gasteiger partial charge in [0, 0.05) is 5.92 Å². The molecule has 0 aromatic heterocycles. The van der Waals surface area contributed by atoms with Gasteiger partial charge in [-0.05, 0) is 24.8 Å². The lowest BCUT2D eigenvalue weighted by Crippen LogP contribution is -2.60. The Morgan fingerprint density at radius 3 is 2.53 bits per heavy atom. The van der Waals surface area contributed by atoms with Crippen LogP contribution in [0, 0.1) is 11.8 Å². The summed E-state index contributed by atoms with van der Waals surface area (Å²) in [6, 6.07) is 0. The first-order valence-electron chi connectivity index (χ1n) is 11.0. The Hall–Kier alpha value is -0.700. The van der Waals surface area contributed by atoms with E-state index in [1.54, 1.807) is 0 Å². The number of hydrogen-bond donors (Lipinski definition) is 6. The Bertz CT molecular complexity index is 703. The number of ether oxygens (including phenoxy) is 5. The van der Waals surface area contributed by atoms with E-state index in [-0.39, 0.29) is 25.7 Å². The fourth-order valence-corrected chi connectivity index (χ4v) is 5.05. The van der Waals surface area contributed by atoms with E-state index < -0.39 is 60.9 Å². The minimum atomic E-state index is -1.85. The highest BCUT2D eigenvalue weighted by molar-refractivity contribution is 5.27. The van der Waals surface area contributed by atoms with Crippen LogP contribution in [0.4, 0.5) is 0 Å². The van der Waals surface area contributed by atoms with E-state index in [0.717, 1.165) is 12.0 Å². The normalized spacial score (nSPS) is 51.1. The second-order valence-electron chi connectivity index (χ2n) is 9.45. The predicted octanol–water partition coefficient (Wildman–Crippen LogP) is -2.36. The van der Waals surface area contributed by atoms with Crippen LogP contribution in [0.3, 0.4) is 0 Å². The van der Waals surface area contributed by atoms with Crippen LogP contribution in [-0.4, -0.2) is 118 Å². The van der Waals surface area contributed by atoms with Crippen LogP contribution in [0.25, 0.3) is 0 Å². The van der Waals surface area contributed by atoms with Gasteiger partial charge in [-0.1, -0.05) is 13.0 Å². The van der Waals surface area contributed by atoms with Crippen LogP contribution >= 0.6 is 0 Å². The molecule has 0 aromatic rings. The van der Waals surface area contributed by atoms with E-state index >= 15 is 0 Å². The van der Waals surface area contributed by atoms with Crippen LogP contribution in [0.15, 0.2) is 11.6 Å². The van der Waals surface area contributed by atoms with Crippen molar-refractivity contribution in [3.63, 3.8) is 0 Å². The van der Waals surface area contributed by atoms with Gasteiger partial charge >= 0.3 is 0 Å². The summed E-state index contributed by atoms with van der Waals surface area (Å²) in [6.45, 7) is 3.46. The Morgan fingerprint density at radius 2 is 1.84 bits per heavy atom. The molecule has 0 saturated carbocycles. The SMILES string of the molecule is CC1=CCC2C(C)COC12COC1OC(COC2OCC(O)(CO)C2O)C(O)C(O)C1O.